The van der Waals surface area contributed by atoms with Gasteiger partial charge >= 0.3 is 0 Å². The topological polar surface area (TPSA) is 61.8 Å². The Morgan fingerprint density at radius 2 is 2.11 bits per heavy atom. The molecule has 0 saturated carbocycles. The molecule has 4 heteroatoms. The van der Waals surface area contributed by atoms with Crippen LogP contribution >= 0.6 is 0 Å². The van der Waals surface area contributed by atoms with E-state index in [0.717, 1.165) is 6.54 Å². The number of rotatable bonds is 4. The summed E-state index contributed by atoms with van der Waals surface area (Å²) in [6.45, 7) is 5.59. The summed E-state index contributed by atoms with van der Waals surface area (Å²) in [6, 6.07) is 10.5. The normalized spacial score (nSPS) is 21.5. The van der Waals surface area contributed by atoms with Gasteiger partial charge in [-0.3, -0.25) is 4.90 Å². The Balaban J connectivity index is 2.29. The number of oxime groups is 1. The van der Waals surface area contributed by atoms with Crippen LogP contribution in [-0.4, -0.2) is 28.0 Å². The Morgan fingerprint density at radius 3 is 2.63 bits per heavy atom. The van der Waals surface area contributed by atoms with Crippen LogP contribution in [0.25, 0.3) is 0 Å². The first-order chi connectivity index (χ1) is 9.04. The Kier molecular flexibility index (Phi) is 4.10. The van der Waals surface area contributed by atoms with Crippen LogP contribution < -0.4 is 5.73 Å². The summed E-state index contributed by atoms with van der Waals surface area (Å²) >= 11 is 0. The minimum atomic E-state index is 0.163. The van der Waals surface area contributed by atoms with Crippen molar-refractivity contribution in [1.82, 2.24) is 4.90 Å². The second-order valence-electron chi connectivity index (χ2n) is 5.83. The van der Waals surface area contributed by atoms with E-state index >= 15 is 0 Å². The van der Waals surface area contributed by atoms with Gasteiger partial charge in [0.1, 0.15) is 5.84 Å². The lowest BCUT2D eigenvalue weighted by atomic mass is 9.95. The number of nitrogens with two attached hydrogens (primary N) is 1. The van der Waals surface area contributed by atoms with Gasteiger partial charge in [0.05, 0.1) is 0 Å². The van der Waals surface area contributed by atoms with Crippen LogP contribution in [0.5, 0.6) is 0 Å². The summed E-state index contributed by atoms with van der Waals surface area (Å²) < 4.78 is 0. The van der Waals surface area contributed by atoms with E-state index in [1.54, 1.807) is 0 Å². The third kappa shape index (κ3) is 3.07. The minimum absolute atomic E-state index is 0.163. The van der Waals surface area contributed by atoms with Crippen LogP contribution in [0, 0.1) is 0 Å². The fourth-order valence-corrected chi connectivity index (χ4v) is 3.03. The van der Waals surface area contributed by atoms with E-state index in [2.05, 4.69) is 36.0 Å². The van der Waals surface area contributed by atoms with Gasteiger partial charge in [0.25, 0.3) is 0 Å². The van der Waals surface area contributed by atoms with Gasteiger partial charge in [-0.15, -0.1) is 0 Å². The minimum Gasteiger partial charge on any atom is -0.409 e. The third-order valence-corrected chi connectivity index (χ3v) is 4.06. The van der Waals surface area contributed by atoms with E-state index in [1.165, 1.54) is 18.4 Å². The van der Waals surface area contributed by atoms with Crippen LogP contribution in [0.15, 0.2) is 35.5 Å². The van der Waals surface area contributed by atoms with Crippen molar-refractivity contribution in [1.29, 1.82) is 0 Å². The zero-order valence-corrected chi connectivity index (χ0v) is 11.7. The predicted octanol–water partition coefficient (Wildman–Crippen LogP) is 2.74. The molecule has 3 N–H and O–H groups in total. The molecule has 0 aliphatic carbocycles. The number of likely N-dealkylation sites (tertiary alicyclic amines) is 1. The van der Waals surface area contributed by atoms with Crippen molar-refractivity contribution < 1.29 is 5.21 Å². The monoisotopic (exact) mass is 261 g/mol. The Morgan fingerprint density at radius 1 is 1.42 bits per heavy atom. The largest absolute Gasteiger partial charge is 0.409 e. The molecule has 4 nitrogen and oxygen atoms in total. The van der Waals surface area contributed by atoms with Crippen molar-refractivity contribution in [2.24, 2.45) is 10.9 Å². The number of amidine groups is 1. The molecule has 1 saturated heterocycles. The Hall–Kier alpha value is -1.55. The summed E-state index contributed by atoms with van der Waals surface area (Å²) in [4.78, 5) is 2.47. The zero-order valence-electron chi connectivity index (χ0n) is 11.7. The van der Waals surface area contributed by atoms with Crippen LogP contribution in [-0.2, 0) is 0 Å². The lowest BCUT2D eigenvalue weighted by molar-refractivity contribution is 0.118. The Labute approximate surface area is 114 Å². The summed E-state index contributed by atoms with van der Waals surface area (Å²) in [7, 11) is 0. The molecule has 19 heavy (non-hydrogen) atoms. The Bertz CT molecular complexity index is 442. The third-order valence-electron chi connectivity index (χ3n) is 4.06. The van der Waals surface area contributed by atoms with Gasteiger partial charge in [-0.05, 0) is 38.8 Å². The molecule has 1 aromatic rings. The van der Waals surface area contributed by atoms with E-state index < -0.39 is 0 Å². The molecule has 0 radical (unpaired) electrons. The molecule has 0 aromatic heterocycles. The first-order valence-corrected chi connectivity index (χ1v) is 6.83. The first-order valence-electron chi connectivity index (χ1n) is 6.83. The maximum absolute atomic E-state index is 8.85. The van der Waals surface area contributed by atoms with Crippen LogP contribution in [0.4, 0.5) is 0 Å². The molecule has 1 aliphatic rings. The van der Waals surface area contributed by atoms with Crippen molar-refractivity contribution in [2.45, 2.75) is 44.7 Å². The maximum atomic E-state index is 8.85. The molecular formula is C15H23N3O. The van der Waals surface area contributed by atoms with Crippen molar-refractivity contribution >= 4 is 5.84 Å². The van der Waals surface area contributed by atoms with Crippen LogP contribution in [0.3, 0.4) is 0 Å². The highest BCUT2D eigenvalue weighted by Crippen LogP contribution is 2.37. The molecule has 0 bridgehead atoms. The van der Waals surface area contributed by atoms with Crippen LogP contribution in [0.2, 0.25) is 0 Å². The molecule has 1 aliphatic heterocycles. The van der Waals surface area contributed by atoms with Crippen molar-refractivity contribution in [3.63, 3.8) is 0 Å². The van der Waals surface area contributed by atoms with Gasteiger partial charge in [-0.25, -0.2) is 0 Å². The van der Waals surface area contributed by atoms with Crippen molar-refractivity contribution in [2.75, 3.05) is 6.54 Å². The molecule has 2 rings (SSSR count). The molecule has 1 fully saturated rings. The zero-order chi connectivity index (χ0) is 13.9. The number of hydrogen-bond acceptors (Lipinski definition) is 3. The molecule has 1 unspecified atom stereocenters. The second kappa shape index (κ2) is 5.61. The standard InChI is InChI=1S/C15H23N3O/c1-15(2)9-6-10-18(15)13(11-14(16)17-19)12-7-4-3-5-8-12/h3-5,7-8,13,19H,6,9-11H2,1-2H3,(H2,16,17). The van der Waals surface area contributed by atoms with Gasteiger partial charge in [-0.2, -0.15) is 0 Å². The summed E-state index contributed by atoms with van der Waals surface area (Å²) in [5.74, 6) is 0.288. The second-order valence-corrected chi connectivity index (χ2v) is 5.83. The number of benzene rings is 1. The van der Waals surface area contributed by atoms with E-state index in [-0.39, 0.29) is 17.4 Å². The highest BCUT2D eigenvalue weighted by Gasteiger charge is 2.37. The average Bonchev–Trinajstić information content (AvgIpc) is 2.76. The highest BCUT2D eigenvalue weighted by atomic mass is 16.4. The van der Waals surface area contributed by atoms with Gasteiger partial charge in [-0.1, -0.05) is 35.5 Å². The molecule has 1 heterocycles. The SMILES string of the molecule is CC1(C)CCCN1C(CC(N)=NO)c1ccccc1. The van der Waals surface area contributed by atoms with E-state index in [0.29, 0.717) is 6.42 Å². The quantitative estimate of drug-likeness (QED) is 0.379. The first kappa shape index (κ1) is 13.9. The molecule has 104 valence electrons. The fourth-order valence-electron chi connectivity index (χ4n) is 3.03. The molecule has 0 spiro atoms. The smallest absolute Gasteiger partial charge is 0.141 e. The van der Waals surface area contributed by atoms with Crippen LogP contribution in [0.1, 0.15) is 44.7 Å². The van der Waals surface area contributed by atoms with Gasteiger partial charge in [0.15, 0.2) is 0 Å². The molecular weight excluding hydrogens is 238 g/mol. The summed E-state index contributed by atoms with van der Waals surface area (Å²) in [5.41, 5.74) is 7.13. The molecule has 1 atom stereocenters. The lowest BCUT2D eigenvalue weighted by Gasteiger charge is -2.38. The number of nitrogens with zero attached hydrogens (tertiary/aromatic N) is 2. The fraction of sp³-hybridized carbons (Fsp3) is 0.533. The predicted molar refractivity (Wildman–Crippen MR) is 77.2 cm³/mol. The molecule has 1 aromatic carbocycles. The van der Waals surface area contributed by atoms with E-state index in [4.69, 9.17) is 10.9 Å². The summed E-state index contributed by atoms with van der Waals surface area (Å²) in [5, 5.41) is 12.0. The molecule has 0 amide bonds. The maximum Gasteiger partial charge on any atom is 0.141 e. The van der Waals surface area contributed by atoms with Gasteiger partial charge < -0.3 is 10.9 Å². The van der Waals surface area contributed by atoms with Gasteiger partial charge in [0.2, 0.25) is 0 Å². The van der Waals surface area contributed by atoms with Crippen molar-refractivity contribution in [3.05, 3.63) is 35.9 Å². The van der Waals surface area contributed by atoms with Gasteiger partial charge in [0, 0.05) is 18.0 Å². The van der Waals surface area contributed by atoms with E-state index in [9.17, 15) is 0 Å². The van der Waals surface area contributed by atoms with Crippen molar-refractivity contribution in [3.8, 4) is 0 Å². The highest BCUT2D eigenvalue weighted by molar-refractivity contribution is 5.80. The van der Waals surface area contributed by atoms with E-state index in [1.807, 2.05) is 18.2 Å². The number of hydrogen-bond donors (Lipinski definition) is 2. The lowest BCUT2D eigenvalue weighted by Crippen LogP contribution is -2.42. The summed E-state index contributed by atoms with van der Waals surface area (Å²) in [6.07, 6.45) is 2.95. The average molecular weight is 261 g/mol.